The summed E-state index contributed by atoms with van der Waals surface area (Å²) >= 11 is 0. The van der Waals surface area contributed by atoms with E-state index in [-0.39, 0.29) is 5.04 Å². The highest BCUT2D eigenvalue weighted by Gasteiger charge is 2.39. The Bertz CT molecular complexity index is 445. The van der Waals surface area contributed by atoms with Gasteiger partial charge >= 0.3 is 0 Å². The van der Waals surface area contributed by atoms with Gasteiger partial charge in [0.05, 0.1) is 0 Å². The zero-order valence-electron chi connectivity index (χ0n) is 13.6. The normalized spacial score (nSPS) is 20.8. The summed E-state index contributed by atoms with van der Waals surface area (Å²) in [6.45, 7) is 12.6. The molecule has 0 saturated carbocycles. The van der Waals surface area contributed by atoms with Gasteiger partial charge < -0.3 is 9.74 Å². The van der Waals surface area contributed by atoms with Gasteiger partial charge in [0.25, 0.3) is 0 Å². The minimum Gasteiger partial charge on any atom is -0.543 e. The van der Waals surface area contributed by atoms with E-state index in [2.05, 4.69) is 63.4 Å². The fourth-order valence-electron chi connectivity index (χ4n) is 2.38. The highest BCUT2D eigenvalue weighted by Crippen LogP contribution is 2.38. The molecule has 1 atom stereocenters. The first kappa shape index (κ1) is 15.6. The van der Waals surface area contributed by atoms with Crippen LogP contribution in [-0.4, -0.2) is 14.9 Å². The van der Waals surface area contributed by atoms with E-state index < -0.39 is 8.32 Å². The standard InChI is InChI=1S/C17H29NOSi/c1-17(2,3)20(4,5)19-15-10-8-9-14(13-15)16-11-6-7-12-18-16/h8-10,13,16,18H,6-7,11-12H2,1-5H3. The summed E-state index contributed by atoms with van der Waals surface area (Å²) in [6, 6.07) is 9.21. The Hall–Kier alpha value is -0.803. The maximum Gasteiger partial charge on any atom is 0.250 e. The third-order valence-electron chi connectivity index (χ3n) is 4.75. The molecule has 1 aliphatic rings. The van der Waals surface area contributed by atoms with Crippen LogP contribution in [0, 0.1) is 0 Å². The summed E-state index contributed by atoms with van der Waals surface area (Å²) < 4.78 is 6.41. The van der Waals surface area contributed by atoms with E-state index in [4.69, 9.17) is 4.43 Å². The average Bonchev–Trinajstić information content (AvgIpc) is 2.38. The van der Waals surface area contributed by atoms with Crippen molar-refractivity contribution in [2.75, 3.05) is 6.54 Å². The van der Waals surface area contributed by atoms with Crippen LogP contribution in [-0.2, 0) is 0 Å². The van der Waals surface area contributed by atoms with Crippen molar-refractivity contribution in [2.45, 2.75) is 64.2 Å². The van der Waals surface area contributed by atoms with Crippen LogP contribution in [0.5, 0.6) is 5.75 Å². The Morgan fingerprint density at radius 3 is 2.55 bits per heavy atom. The van der Waals surface area contributed by atoms with Crippen LogP contribution in [0.4, 0.5) is 0 Å². The molecule has 20 heavy (non-hydrogen) atoms. The average molecular weight is 292 g/mol. The van der Waals surface area contributed by atoms with Crippen LogP contribution in [0.3, 0.4) is 0 Å². The smallest absolute Gasteiger partial charge is 0.250 e. The highest BCUT2D eigenvalue weighted by atomic mass is 28.4. The molecule has 0 bridgehead atoms. The second-order valence-corrected chi connectivity index (χ2v) is 12.2. The molecule has 1 aromatic rings. The van der Waals surface area contributed by atoms with Gasteiger partial charge in [0.2, 0.25) is 8.32 Å². The fraction of sp³-hybridized carbons (Fsp3) is 0.647. The molecular formula is C17H29NOSi. The summed E-state index contributed by atoms with van der Waals surface area (Å²) in [5.74, 6) is 1.04. The van der Waals surface area contributed by atoms with E-state index in [9.17, 15) is 0 Å². The summed E-state index contributed by atoms with van der Waals surface area (Å²) in [5, 5.41) is 3.85. The van der Waals surface area contributed by atoms with Gasteiger partial charge in [0, 0.05) is 6.04 Å². The Morgan fingerprint density at radius 2 is 1.95 bits per heavy atom. The van der Waals surface area contributed by atoms with E-state index in [1.54, 1.807) is 0 Å². The molecule has 2 nitrogen and oxygen atoms in total. The first-order valence-electron chi connectivity index (χ1n) is 7.82. The Balaban J connectivity index is 2.13. The second-order valence-electron chi connectivity index (χ2n) is 7.44. The van der Waals surface area contributed by atoms with Crippen molar-refractivity contribution in [1.29, 1.82) is 0 Å². The molecule has 2 rings (SSSR count). The SMILES string of the molecule is CC(C)(C)[Si](C)(C)Oc1cccc(C2CCCCN2)c1. The largest absolute Gasteiger partial charge is 0.543 e. The quantitative estimate of drug-likeness (QED) is 0.801. The predicted molar refractivity (Wildman–Crippen MR) is 88.9 cm³/mol. The molecular weight excluding hydrogens is 262 g/mol. The monoisotopic (exact) mass is 291 g/mol. The van der Waals surface area contributed by atoms with Crippen molar-refractivity contribution in [3.8, 4) is 5.75 Å². The van der Waals surface area contributed by atoms with Crippen molar-refractivity contribution in [3.05, 3.63) is 29.8 Å². The van der Waals surface area contributed by atoms with E-state index in [1.807, 2.05) is 0 Å². The zero-order valence-corrected chi connectivity index (χ0v) is 14.6. The first-order chi connectivity index (χ1) is 9.29. The summed E-state index contributed by atoms with van der Waals surface area (Å²) in [4.78, 5) is 0. The highest BCUT2D eigenvalue weighted by molar-refractivity contribution is 6.74. The van der Waals surface area contributed by atoms with Crippen LogP contribution >= 0.6 is 0 Å². The lowest BCUT2D eigenvalue weighted by Gasteiger charge is -2.36. The number of nitrogens with one attached hydrogen (secondary N) is 1. The van der Waals surface area contributed by atoms with Crippen LogP contribution in [0.25, 0.3) is 0 Å². The van der Waals surface area contributed by atoms with Gasteiger partial charge in [-0.05, 0) is 55.2 Å². The Labute approximate surface area is 125 Å². The van der Waals surface area contributed by atoms with Crippen LogP contribution in [0.15, 0.2) is 24.3 Å². The molecule has 1 fully saturated rings. The molecule has 0 radical (unpaired) electrons. The molecule has 1 aliphatic heterocycles. The molecule has 1 aromatic carbocycles. The second kappa shape index (κ2) is 5.90. The number of benzene rings is 1. The van der Waals surface area contributed by atoms with E-state index >= 15 is 0 Å². The van der Waals surface area contributed by atoms with Crippen LogP contribution in [0.1, 0.15) is 51.6 Å². The molecule has 0 amide bonds. The summed E-state index contributed by atoms with van der Waals surface area (Å²) in [7, 11) is -1.74. The minimum absolute atomic E-state index is 0.242. The molecule has 0 spiro atoms. The van der Waals surface area contributed by atoms with E-state index in [0.29, 0.717) is 6.04 Å². The minimum atomic E-state index is -1.74. The molecule has 1 saturated heterocycles. The predicted octanol–water partition coefficient (Wildman–Crippen LogP) is 4.89. The summed E-state index contributed by atoms with van der Waals surface area (Å²) in [5.41, 5.74) is 1.38. The van der Waals surface area contributed by atoms with Crippen molar-refractivity contribution in [1.82, 2.24) is 5.32 Å². The van der Waals surface area contributed by atoms with E-state index in [0.717, 1.165) is 12.3 Å². The lowest BCUT2D eigenvalue weighted by molar-refractivity contribution is 0.410. The fourth-order valence-corrected chi connectivity index (χ4v) is 3.40. The number of hydrogen-bond donors (Lipinski definition) is 1. The van der Waals surface area contributed by atoms with E-state index in [1.165, 1.54) is 24.8 Å². The summed E-state index contributed by atoms with van der Waals surface area (Å²) in [6.07, 6.45) is 3.87. The van der Waals surface area contributed by atoms with Crippen LogP contribution < -0.4 is 9.74 Å². The van der Waals surface area contributed by atoms with Crippen molar-refractivity contribution in [2.24, 2.45) is 0 Å². The van der Waals surface area contributed by atoms with Gasteiger partial charge in [0.1, 0.15) is 5.75 Å². The molecule has 0 aromatic heterocycles. The zero-order chi connectivity index (χ0) is 14.8. The molecule has 112 valence electrons. The van der Waals surface area contributed by atoms with Gasteiger partial charge in [-0.25, -0.2) is 0 Å². The molecule has 3 heteroatoms. The maximum absolute atomic E-state index is 6.41. The molecule has 1 heterocycles. The molecule has 1 unspecified atom stereocenters. The number of rotatable bonds is 3. The third kappa shape index (κ3) is 3.64. The maximum atomic E-state index is 6.41. The van der Waals surface area contributed by atoms with Gasteiger partial charge in [-0.15, -0.1) is 0 Å². The number of piperidine rings is 1. The number of hydrogen-bond acceptors (Lipinski definition) is 2. The van der Waals surface area contributed by atoms with Gasteiger partial charge in [-0.2, -0.15) is 0 Å². The van der Waals surface area contributed by atoms with Gasteiger partial charge in [-0.3, -0.25) is 0 Å². The van der Waals surface area contributed by atoms with Crippen molar-refractivity contribution in [3.63, 3.8) is 0 Å². The van der Waals surface area contributed by atoms with Gasteiger partial charge in [-0.1, -0.05) is 39.3 Å². The molecule has 0 aliphatic carbocycles. The third-order valence-corrected chi connectivity index (χ3v) is 9.11. The van der Waals surface area contributed by atoms with Crippen molar-refractivity contribution >= 4 is 8.32 Å². The Kier molecular flexibility index (Phi) is 4.60. The van der Waals surface area contributed by atoms with Crippen molar-refractivity contribution < 1.29 is 4.43 Å². The van der Waals surface area contributed by atoms with Gasteiger partial charge in [0.15, 0.2) is 0 Å². The molecule has 1 N–H and O–H groups in total. The topological polar surface area (TPSA) is 21.3 Å². The lowest BCUT2D eigenvalue weighted by atomic mass is 9.97. The lowest BCUT2D eigenvalue weighted by Crippen LogP contribution is -2.43. The van der Waals surface area contributed by atoms with Crippen LogP contribution in [0.2, 0.25) is 18.1 Å². The first-order valence-corrected chi connectivity index (χ1v) is 10.7. The Morgan fingerprint density at radius 1 is 1.20 bits per heavy atom.